The highest BCUT2D eigenvalue weighted by Gasteiger charge is 2.21. The maximum absolute atomic E-state index is 12.6. The predicted octanol–water partition coefficient (Wildman–Crippen LogP) is 3.47. The van der Waals surface area contributed by atoms with E-state index < -0.39 is 6.09 Å². The molecule has 2 aromatic carbocycles. The van der Waals surface area contributed by atoms with Crippen molar-refractivity contribution in [2.75, 3.05) is 4.90 Å². The van der Waals surface area contributed by atoms with Gasteiger partial charge in [-0.25, -0.2) is 4.79 Å². The van der Waals surface area contributed by atoms with Crippen LogP contribution < -0.4 is 4.90 Å². The molecule has 0 unspecified atom stereocenters. The molecule has 1 N–H and O–H groups in total. The molecule has 6 heteroatoms. The molecule has 0 saturated carbocycles. The lowest BCUT2D eigenvalue weighted by molar-refractivity contribution is 0.146. The molecule has 3 aromatic rings. The number of carbonyl (C=O) groups is 1. The van der Waals surface area contributed by atoms with Crippen molar-refractivity contribution in [3.8, 4) is 5.75 Å². The van der Waals surface area contributed by atoms with Crippen LogP contribution in [0.3, 0.4) is 0 Å². The number of aryl methyl sites for hydroxylation is 1. The average molecular weight is 337 g/mol. The molecule has 0 aliphatic rings. The van der Waals surface area contributed by atoms with Crippen molar-refractivity contribution in [2.45, 2.75) is 13.2 Å². The third-order valence-corrected chi connectivity index (χ3v) is 3.70. The van der Waals surface area contributed by atoms with Crippen molar-refractivity contribution >= 4 is 11.8 Å². The Kier molecular flexibility index (Phi) is 4.99. The summed E-state index contributed by atoms with van der Waals surface area (Å²) in [7, 11) is 1.81. The number of hydrogen-bond acceptors (Lipinski definition) is 4. The molecule has 0 bridgehead atoms. The van der Waals surface area contributed by atoms with Crippen molar-refractivity contribution in [3.05, 3.63) is 78.1 Å². The van der Waals surface area contributed by atoms with Gasteiger partial charge in [0, 0.05) is 18.8 Å². The molecule has 0 aliphatic carbocycles. The SMILES string of the molecule is Cn1cc(CN(C(=O)OCc2ccccc2)c2ccccc2O)cn1. The number of phenolic OH excluding ortho intramolecular Hbond substituents is 1. The number of hydrogen-bond donors (Lipinski definition) is 1. The zero-order valence-electron chi connectivity index (χ0n) is 13.9. The minimum absolute atomic E-state index is 0.0167. The smallest absolute Gasteiger partial charge is 0.415 e. The molecule has 1 aromatic heterocycles. The molecule has 0 saturated heterocycles. The summed E-state index contributed by atoms with van der Waals surface area (Å²) < 4.78 is 7.09. The van der Waals surface area contributed by atoms with E-state index in [2.05, 4.69) is 5.10 Å². The van der Waals surface area contributed by atoms with Crippen LogP contribution >= 0.6 is 0 Å². The molecule has 128 valence electrons. The van der Waals surface area contributed by atoms with Crippen LogP contribution in [0.25, 0.3) is 0 Å². The second-order valence-electron chi connectivity index (χ2n) is 5.64. The fourth-order valence-corrected chi connectivity index (χ4v) is 2.47. The molecule has 3 rings (SSSR count). The van der Waals surface area contributed by atoms with Gasteiger partial charge in [-0.1, -0.05) is 42.5 Å². The highest BCUT2D eigenvalue weighted by molar-refractivity contribution is 5.89. The lowest BCUT2D eigenvalue weighted by Gasteiger charge is -2.22. The van der Waals surface area contributed by atoms with Crippen LogP contribution in [0.1, 0.15) is 11.1 Å². The Bertz CT molecular complexity index is 846. The number of aromatic nitrogens is 2. The van der Waals surface area contributed by atoms with Crippen molar-refractivity contribution in [1.29, 1.82) is 0 Å². The van der Waals surface area contributed by atoms with E-state index in [1.165, 1.54) is 11.0 Å². The molecular weight excluding hydrogens is 318 g/mol. The zero-order chi connectivity index (χ0) is 17.6. The number of anilines is 1. The van der Waals surface area contributed by atoms with Gasteiger partial charge in [0.25, 0.3) is 0 Å². The normalized spacial score (nSPS) is 10.4. The van der Waals surface area contributed by atoms with Gasteiger partial charge in [-0.3, -0.25) is 9.58 Å². The van der Waals surface area contributed by atoms with Crippen molar-refractivity contribution < 1.29 is 14.6 Å². The molecular formula is C19H19N3O3. The van der Waals surface area contributed by atoms with Gasteiger partial charge >= 0.3 is 6.09 Å². The molecule has 0 atom stereocenters. The van der Waals surface area contributed by atoms with Crippen LogP contribution in [-0.4, -0.2) is 21.0 Å². The summed E-state index contributed by atoms with van der Waals surface area (Å²) in [4.78, 5) is 14.0. The maximum atomic E-state index is 12.6. The van der Waals surface area contributed by atoms with E-state index in [4.69, 9.17) is 4.74 Å². The molecule has 0 spiro atoms. The Labute approximate surface area is 145 Å². The first-order chi connectivity index (χ1) is 12.1. The monoisotopic (exact) mass is 337 g/mol. The first-order valence-electron chi connectivity index (χ1n) is 7.87. The number of rotatable bonds is 5. The number of amides is 1. The van der Waals surface area contributed by atoms with E-state index in [-0.39, 0.29) is 18.9 Å². The Morgan fingerprint density at radius 2 is 1.84 bits per heavy atom. The summed E-state index contributed by atoms with van der Waals surface area (Å²) in [6.45, 7) is 0.413. The third kappa shape index (κ3) is 4.17. The Morgan fingerprint density at radius 3 is 2.52 bits per heavy atom. The molecule has 1 amide bonds. The molecule has 0 radical (unpaired) electrons. The predicted molar refractivity (Wildman–Crippen MR) is 94.1 cm³/mol. The third-order valence-electron chi connectivity index (χ3n) is 3.70. The quantitative estimate of drug-likeness (QED) is 0.774. The molecule has 6 nitrogen and oxygen atoms in total. The minimum Gasteiger partial charge on any atom is -0.506 e. The zero-order valence-corrected chi connectivity index (χ0v) is 13.9. The van der Waals surface area contributed by atoms with Gasteiger partial charge < -0.3 is 9.84 Å². The maximum Gasteiger partial charge on any atom is 0.415 e. The summed E-state index contributed by atoms with van der Waals surface area (Å²) >= 11 is 0. The van der Waals surface area contributed by atoms with Crippen LogP contribution in [0.4, 0.5) is 10.5 Å². The lowest BCUT2D eigenvalue weighted by Crippen LogP contribution is -2.31. The van der Waals surface area contributed by atoms with E-state index in [0.717, 1.165) is 11.1 Å². The second-order valence-corrected chi connectivity index (χ2v) is 5.64. The fraction of sp³-hybridized carbons (Fsp3) is 0.158. The highest BCUT2D eigenvalue weighted by atomic mass is 16.6. The standard InChI is InChI=1S/C19H19N3O3/c1-21-12-16(11-20-21)13-22(17-9-5-6-10-18(17)23)19(24)25-14-15-7-3-2-4-8-15/h2-12,23H,13-14H2,1H3. The Morgan fingerprint density at radius 1 is 1.12 bits per heavy atom. The van der Waals surface area contributed by atoms with Crippen LogP contribution in [0, 0.1) is 0 Å². The number of benzene rings is 2. The molecule has 0 aliphatic heterocycles. The molecule has 0 fully saturated rings. The van der Waals surface area contributed by atoms with E-state index in [1.807, 2.05) is 43.6 Å². The van der Waals surface area contributed by atoms with Gasteiger partial charge in [0.05, 0.1) is 18.4 Å². The minimum atomic E-state index is -0.533. The number of aromatic hydroxyl groups is 1. The number of para-hydroxylation sites is 2. The largest absolute Gasteiger partial charge is 0.506 e. The second kappa shape index (κ2) is 7.53. The van der Waals surface area contributed by atoms with Gasteiger partial charge in [0.1, 0.15) is 12.4 Å². The van der Waals surface area contributed by atoms with Gasteiger partial charge in [-0.2, -0.15) is 5.10 Å². The Balaban J connectivity index is 1.80. The first-order valence-corrected chi connectivity index (χ1v) is 7.87. The van der Waals surface area contributed by atoms with Gasteiger partial charge in [0.2, 0.25) is 0 Å². The molecule has 1 heterocycles. The average Bonchev–Trinajstić information content (AvgIpc) is 3.04. The summed E-state index contributed by atoms with van der Waals surface area (Å²) in [6.07, 6.45) is 2.96. The van der Waals surface area contributed by atoms with Crippen LogP contribution in [0.2, 0.25) is 0 Å². The lowest BCUT2D eigenvalue weighted by atomic mass is 10.2. The van der Waals surface area contributed by atoms with Gasteiger partial charge in [-0.15, -0.1) is 0 Å². The number of ether oxygens (including phenoxy) is 1. The number of carbonyl (C=O) groups excluding carboxylic acids is 1. The summed E-state index contributed by atoms with van der Waals surface area (Å²) in [5.41, 5.74) is 2.13. The van der Waals surface area contributed by atoms with Crippen molar-refractivity contribution in [2.24, 2.45) is 7.05 Å². The first kappa shape index (κ1) is 16.6. The van der Waals surface area contributed by atoms with E-state index in [0.29, 0.717) is 5.69 Å². The van der Waals surface area contributed by atoms with E-state index in [9.17, 15) is 9.90 Å². The Hall–Kier alpha value is -3.28. The van der Waals surface area contributed by atoms with Gasteiger partial charge in [-0.05, 0) is 17.7 Å². The van der Waals surface area contributed by atoms with E-state index >= 15 is 0 Å². The highest BCUT2D eigenvalue weighted by Crippen LogP contribution is 2.28. The number of phenols is 1. The summed E-state index contributed by atoms with van der Waals surface area (Å²) in [5.74, 6) is 0.0167. The van der Waals surface area contributed by atoms with Crippen molar-refractivity contribution in [1.82, 2.24) is 9.78 Å². The van der Waals surface area contributed by atoms with Crippen molar-refractivity contribution in [3.63, 3.8) is 0 Å². The topological polar surface area (TPSA) is 67.6 Å². The van der Waals surface area contributed by atoms with Crippen LogP contribution in [0.5, 0.6) is 5.75 Å². The summed E-state index contributed by atoms with van der Waals surface area (Å²) in [6, 6.07) is 16.1. The summed E-state index contributed by atoms with van der Waals surface area (Å²) in [5, 5.41) is 14.2. The fourth-order valence-electron chi connectivity index (χ4n) is 2.47. The van der Waals surface area contributed by atoms with E-state index in [1.54, 1.807) is 29.1 Å². The van der Waals surface area contributed by atoms with Gasteiger partial charge in [0.15, 0.2) is 0 Å². The number of nitrogens with zero attached hydrogens (tertiary/aromatic N) is 3. The van der Waals surface area contributed by atoms with Crippen LogP contribution in [-0.2, 0) is 24.9 Å². The van der Waals surface area contributed by atoms with Crippen LogP contribution in [0.15, 0.2) is 67.0 Å². The molecule has 25 heavy (non-hydrogen) atoms.